The van der Waals surface area contributed by atoms with E-state index in [1.54, 1.807) is 0 Å². The van der Waals surface area contributed by atoms with Gasteiger partial charge in [0, 0.05) is 12.8 Å². The molecule has 0 spiro atoms. The van der Waals surface area contributed by atoms with Gasteiger partial charge in [0.2, 0.25) is 5.91 Å². The summed E-state index contributed by atoms with van der Waals surface area (Å²) in [7, 11) is 0. The smallest absolute Gasteiger partial charge is 0.305 e. The summed E-state index contributed by atoms with van der Waals surface area (Å²) < 4.78 is 5.50. The third-order valence-corrected chi connectivity index (χ3v) is 18.9. The maximum Gasteiger partial charge on any atom is 0.305 e. The molecule has 0 aromatic rings. The number of aliphatic hydroxyl groups excluding tert-OH is 2. The molecule has 0 saturated heterocycles. The Morgan fingerprint density at radius 1 is 0.315 bits per heavy atom. The maximum atomic E-state index is 12.6. The van der Waals surface area contributed by atoms with Gasteiger partial charge in [-0.15, -0.1) is 0 Å². The molecule has 524 valence electrons. The Labute approximate surface area is 556 Å². The van der Waals surface area contributed by atoms with E-state index in [0.29, 0.717) is 25.9 Å². The van der Waals surface area contributed by atoms with Crippen molar-refractivity contribution < 1.29 is 24.5 Å². The quantitative estimate of drug-likeness (QED) is 0.0320. The van der Waals surface area contributed by atoms with E-state index in [4.69, 9.17) is 4.74 Å². The van der Waals surface area contributed by atoms with E-state index in [-0.39, 0.29) is 18.5 Å². The van der Waals surface area contributed by atoms with Crippen LogP contribution in [0.4, 0.5) is 0 Å². The molecule has 0 rings (SSSR count). The number of rotatable bonds is 76. The minimum atomic E-state index is -0.664. The summed E-state index contributed by atoms with van der Waals surface area (Å²) >= 11 is 0. The number of amides is 1. The van der Waals surface area contributed by atoms with E-state index in [2.05, 4.69) is 67.8 Å². The zero-order valence-corrected chi connectivity index (χ0v) is 60.2. The molecule has 2 atom stereocenters. The zero-order valence-electron chi connectivity index (χ0n) is 60.2. The summed E-state index contributed by atoms with van der Waals surface area (Å²) in [6.07, 6.45) is 104. The molecule has 0 aliphatic heterocycles. The first-order valence-electron chi connectivity index (χ1n) is 40.4. The van der Waals surface area contributed by atoms with Gasteiger partial charge in [0.25, 0.3) is 0 Å². The number of nitrogens with one attached hydrogen (secondary N) is 1. The van der Waals surface area contributed by atoms with Crippen molar-refractivity contribution in [3.8, 4) is 0 Å². The summed E-state index contributed by atoms with van der Waals surface area (Å²) in [5.74, 6) is -0.0223. The molecule has 3 N–H and O–H groups in total. The molecule has 0 heterocycles. The van der Waals surface area contributed by atoms with Gasteiger partial charge in [-0.2, -0.15) is 0 Å². The van der Waals surface area contributed by atoms with Crippen LogP contribution in [0.1, 0.15) is 444 Å². The van der Waals surface area contributed by atoms with Gasteiger partial charge < -0.3 is 20.3 Å². The number of allylic oxidation sites excluding steroid dienone is 8. The van der Waals surface area contributed by atoms with Crippen LogP contribution in [0.2, 0.25) is 0 Å². The molecule has 0 radical (unpaired) electrons. The summed E-state index contributed by atoms with van der Waals surface area (Å²) in [4.78, 5) is 24.6. The van der Waals surface area contributed by atoms with E-state index < -0.39 is 12.1 Å². The highest BCUT2D eigenvalue weighted by molar-refractivity contribution is 5.76. The van der Waals surface area contributed by atoms with Crippen LogP contribution in [0.25, 0.3) is 0 Å². The van der Waals surface area contributed by atoms with Crippen molar-refractivity contribution in [1.82, 2.24) is 5.32 Å². The Bertz CT molecular complexity index is 1490. The van der Waals surface area contributed by atoms with E-state index in [1.165, 1.54) is 353 Å². The normalized spacial score (nSPS) is 12.7. The third-order valence-electron chi connectivity index (χ3n) is 18.9. The van der Waals surface area contributed by atoms with Crippen LogP contribution < -0.4 is 5.32 Å². The van der Waals surface area contributed by atoms with Gasteiger partial charge in [-0.3, -0.25) is 9.59 Å². The van der Waals surface area contributed by atoms with Gasteiger partial charge in [0.15, 0.2) is 0 Å². The van der Waals surface area contributed by atoms with Crippen LogP contribution in [0.3, 0.4) is 0 Å². The molecule has 1 amide bonds. The van der Waals surface area contributed by atoms with E-state index in [0.717, 1.165) is 57.8 Å². The Kier molecular flexibility index (Phi) is 76.3. The van der Waals surface area contributed by atoms with Crippen LogP contribution in [0.15, 0.2) is 48.6 Å². The maximum absolute atomic E-state index is 12.6. The lowest BCUT2D eigenvalue weighted by Crippen LogP contribution is -2.45. The average molecular weight is 1250 g/mol. The lowest BCUT2D eigenvalue weighted by Gasteiger charge is -2.22. The monoisotopic (exact) mass is 1250 g/mol. The van der Waals surface area contributed by atoms with Crippen LogP contribution >= 0.6 is 0 Å². The van der Waals surface area contributed by atoms with Crippen molar-refractivity contribution >= 4 is 11.9 Å². The number of carbonyl (C=O) groups is 2. The molecule has 0 aliphatic carbocycles. The molecular formula is C83H157NO5. The van der Waals surface area contributed by atoms with Crippen LogP contribution in [0.5, 0.6) is 0 Å². The molecule has 0 saturated carbocycles. The molecular weight excluding hydrogens is 1090 g/mol. The fourth-order valence-electron chi connectivity index (χ4n) is 12.7. The zero-order chi connectivity index (χ0) is 64.2. The first-order chi connectivity index (χ1) is 44.0. The second-order valence-electron chi connectivity index (χ2n) is 27.7. The highest BCUT2D eigenvalue weighted by Crippen LogP contribution is 2.20. The van der Waals surface area contributed by atoms with Gasteiger partial charge >= 0.3 is 5.97 Å². The van der Waals surface area contributed by atoms with Gasteiger partial charge in [0.1, 0.15) is 0 Å². The summed E-state index contributed by atoms with van der Waals surface area (Å²) in [5, 5.41) is 23.4. The fourth-order valence-corrected chi connectivity index (χ4v) is 12.7. The molecule has 0 aliphatic rings. The minimum absolute atomic E-state index is 0.00570. The van der Waals surface area contributed by atoms with Crippen LogP contribution in [0, 0.1) is 0 Å². The standard InChI is InChI=1S/C83H157NO5/c1-3-5-7-9-11-13-15-17-19-21-41-44-47-51-55-59-63-67-71-75-81(86)80(79-85)84-82(87)76-72-68-64-60-56-52-48-45-42-39-37-35-33-31-29-27-25-23-22-24-26-28-30-32-34-36-38-40-43-46-50-54-58-62-66-70-74-78-89-83(88)77-73-69-65-61-57-53-49-20-18-16-14-12-10-8-6-4-2/h14,16,20,22,24,28,30,49,80-81,85-86H,3-13,15,17-19,21,23,25-27,29,31-48,50-79H2,1-2H3,(H,84,87)/b16-14-,24-22-,30-28-,49-20-. The molecule has 2 unspecified atom stereocenters. The second-order valence-corrected chi connectivity index (χ2v) is 27.7. The number of ether oxygens (including phenoxy) is 1. The second kappa shape index (κ2) is 78.3. The Balaban J connectivity index is 3.37. The fraction of sp³-hybridized carbons (Fsp3) is 0.880. The van der Waals surface area contributed by atoms with E-state index in [1.807, 2.05) is 0 Å². The van der Waals surface area contributed by atoms with Crippen molar-refractivity contribution in [3.05, 3.63) is 48.6 Å². The van der Waals surface area contributed by atoms with Gasteiger partial charge in [-0.1, -0.05) is 390 Å². The number of esters is 1. The van der Waals surface area contributed by atoms with Gasteiger partial charge in [-0.25, -0.2) is 0 Å². The Morgan fingerprint density at radius 3 is 0.865 bits per heavy atom. The summed E-state index contributed by atoms with van der Waals surface area (Å²) in [5.41, 5.74) is 0. The lowest BCUT2D eigenvalue weighted by atomic mass is 10.0. The topological polar surface area (TPSA) is 95.9 Å². The molecule has 0 aromatic heterocycles. The third kappa shape index (κ3) is 74.7. The summed E-state index contributed by atoms with van der Waals surface area (Å²) in [6, 6.07) is -0.541. The molecule has 0 bridgehead atoms. The Hall–Kier alpha value is -2.18. The molecule has 0 fully saturated rings. The van der Waals surface area contributed by atoms with Crippen molar-refractivity contribution in [2.45, 2.75) is 456 Å². The van der Waals surface area contributed by atoms with Crippen LogP contribution in [-0.2, 0) is 14.3 Å². The summed E-state index contributed by atoms with van der Waals surface area (Å²) in [6.45, 7) is 4.97. The van der Waals surface area contributed by atoms with E-state index >= 15 is 0 Å². The first kappa shape index (κ1) is 86.8. The lowest BCUT2D eigenvalue weighted by molar-refractivity contribution is -0.143. The molecule has 6 nitrogen and oxygen atoms in total. The number of hydrogen-bond acceptors (Lipinski definition) is 5. The van der Waals surface area contributed by atoms with Crippen molar-refractivity contribution in [3.63, 3.8) is 0 Å². The number of aliphatic hydroxyl groups is 2. The van der Waals surface area contributed by atoms with Crippen LogP contribution in [-0.4, -0.2) is 47.4 Å². The van der Waals surface area contributed by atoms with Crippen molar-refractivity contribution in [2.75, 3.05) is 13.2 Å². The number of carbonyl (C=O) groups excluding carboxylic acids is 2. The highest BCUT2D eigenvalue weighted by Gasteiger charge is 2.20. The largest absolute Gasteiger partial charge is 0.466 e. The minimum Gasteiger partial charge on any atom is -0.466 e. The van der Waals surface area contributed by atoms with Gasteiger partial charge in [-0.05, 0) is 89.9 Å². The van der Waals surface area contributed by atoms with E-state index in [9.17, 15) is 19.8 Å². The highest BCUT2D eigenvalue weighted by atomic mass is 16.5. The van der Waals surface area contributed by atoms with Crippen molar-refractivity contribution in [1.29, 1.82) is 0 Å². The van der Waals surface area contributed by atoms with Crippen molar-refractivity contribution in [2.24, 2.45) is 0 Å². The first-order valence-corrected chi connectivity index (χ1v) is 40.4. The Morgan fingerprint density at radius 2 is 0.562 bits per heavy atom. The SMILES string of the molecule is CCCCCC/C=C\C/C=C\CCCCCCCC(=O)OCCCCCCCCCCCCCCC/C=C\C/C=C\CCCCCCCCCCCCCCCCCCCC(=O)NC(CO)C(O)CCCCCCCCCCCCCCCCCCCCC. The molecule has 0 aromatic carbocycles. The van der Waals surface area contributed by atoms with Gasteiger partial charge in [0.05, 0.1) is 25.4 Å². The molecule has 6 heteroatoms. The average Bonchev–Trinajstić information content (AvgIpc) is 3.64. The predicted octanol–water partition coefficient (Wildman–Crippen LogP) is 26.8. The number of hydrogen-bond donors (Lipinski definition) is 3. The molecule has 89 heavy (non-hydrogen) atoms. The predicted molar refractivity (Wildman–Crippen MR) is 393 cm³/mol. The number of unbranched alkanes of at least 4 members (excludes halogenated alkanes) is 57.